The Morgan fingerprint density at radius 1 is 1.24 bits per heavy atom. The van der Waals surface area contributed by atoms with Crippen LogP contribution in [0.25, 0.3) is 0 Å². The summed E-state index contributed by atoms with van der Waals surface area (Å²) in [4.78, 5) is 0. The SMILES string of the molecule is CC1=CC(Cc2cc(C)ccc2O)C(O)C=C1. The zero-order chi connectivity index (χ0) is 12.4. The zero-order valence-electron chi connectivity index (χ0n) is 10.2. The van der Waals surface area contributed by atoms with E-state index in [0.717, 1.165) is 16.7 Å². The van der Waals surface area contributed by atoms with Crippen LogP contribution < -0.4 is 0 Å². The second-order valence-corrected chi connectivity index (χ2v) is 4.76. The van der Waals surface area contributed by atoms with Gasteiger partial charge in [0.25, 0.3) is 0 Å². The van der Waals surface area contributed by atoms with Crippen molar-refractivity contribution in [3.8, 4) is 5.75 Å². The number of hydrogen-bond donors (Lipinski definition) is 2. The maximum Gasteiger partial charge on any atom is 0.118 e. The van der Waals surface area contributed by atoms with E-state index in [0.29, 0.717) is 12.2 Å². The van der Waals surface area contributed by atoms with Gasteiger partial charge >= 0.3 is 0 Å². The van der Waals surface area contributed by atoms with Crippen molar-refractivity contribution in [3.05, 3.63) is 53.1 Å². The van der Waals surface area contributed by atoms with Crippen molar-refractivity contribution >= 4 is 0 Å². The molecule has 0 spiro atoms. The van der Waals surface area contributed by atoms with Gasteiger partial charge in [0.15, 0.2) is 0 Å². The minimum absolute atomic E-state index is 0.0488. The fourth-order valence-corrected chi connectivity index (χ4v) is 2.20. The molecule has 90 valence electrons. The van der Waals surface area contributed by atoms with E-state index in [1.54, 1.807) is 6.07 Å². The van der Waals surface area contributed by atoms with Crippen molar-refractivity contribution < 1.29 is 10.2 Å². The number of aromatic hydroxyl groups is 1. The lowest BCUT2D eigenvalue weighted by Crippen LogP contribution is -2.21. The number of phenolic OH excluding ortho intramolecular Hbond substituents is 1. The standard InChI is InChI=1S/C15H18O2/c1-10-3-5-14(16)12(7-10)9-13-8-11(2)4-6-15(13)17/h3-8,12,14,16-17H,9H2,1-2H3. The number of benzene rings is 1. The molecule has 0 heterocycles. The smallest absolute Gasteiger partial charge is 0.118 e. The lowest BCUT2D eigenvalue weighted by Gasteiger charge is -2.21. The van der Waals surface area contributed by atoms with Gasteiger partial charge in [-0.2, -0.15) is 0 Å². The van der Waals surface area contributed by atoms with Crippen LogP contribution in [0.4, 0.5) is 0 Å². The monoisotopic (exact) mass is 230 g/mol. The topological polar surface area (TPSA) is 40.5 Å². The van der Waals surface area contributed by atoms with E-state index < -0.39 is 6.10 Å². The summed E-state index contributed by atoms with van der Waals surface area (Å²) in [5.41, 5.74) is 3.18. The van der Waals surface area contributed by atoms with Crippen LogP contribution in [0.3, 0.4) is 0 Å². The van der Waals surface area contributed by atoms with Gasteiger partial charge in [0.1, 0.15) is 5.75 Å². The van der Waals surface area contributed by atoms with Gasteiger partial charge in [-0.05, 0) is 31.9 Å². The third-order valence-electron chi connectivity index (χ3n) is 3.16. The molecule has 2 N–H and O–H groups in total. The Balaban J connectivity index is 2.21. The number of aliphatic hydroxyl groups excluding tert-OH is 1. The molecule has 1 aromatic rings. The average Bonchev–Trinajstić information content (AvgIpc) is 2.28. The molecule has 2 atom stereocenters. The number of allylic oxidation sites excluding steroid dienone is 2. The van der Waals surface area contributed by atoms with Gasteiger partial charge in [-0.25, -0.2) is 0 Å². The number of hydrogen-bond acceptors (Lipinski definition) is 2. The molecule has 0 amide bonds. The van der Waals surface area contributed by atoms with E-state index >= 15 is 0 Å². The lowest BCUT2D eigenvalue weighted by molar-refractivity contribution is 0.173. The second kappa shape index (κ2) is 4.76. The summed E-state index contributed by atoms with van der Waals surface area (Å²) in [6.07, 6.45) is 6.01. The molecule has 17 heavy (non-hydrogen) atoms. The minimum Gasteiger partial charge on any atom is -0.508 e. The summed E-state index contributed by atoms with van der Waals surface area (Å²) >= 11 is 0. The highest BCUT2D eigenvalue weighted by Gasteiger charge is 2.19. The molecule has 1 aliphatic rings. The molecular formula is C15H18O2. The quantitative estimate of drug-likeness (QED) is 0.820. The van der Waals surface area contributed by atoms with Gasteiger partial charge in [-0.15, -0.1) is 0 Å². The molecule has 1 aliphatic carbocycles. The van der Waals surface area contributed by atoms with Crippen molar-refractivity contribution in [2.24, 2.45) is 5.92 Å². The molecule has 2 heteroatoms. The highest BCUT2D eigenvalue weighted by molar-refractivity contribution is 5.37. The van der Waals surface area contributed by atoms with E-state index in [1.165, 1.54) is 0 Å². The molecule has 0 aromatic heterocycles. The summed E-state index contributed by atoms with van der Waals surface area (Å²) in [6.45, 7) is 4.02. The number of phenols is 1. The zero-order valence-corrected chi connectivity index (χ0v) is 10.2. The van der Waals surface area contributed by atoms with Gasteiger partial charge in [0.2, 0.25) is 0 Å². The first-order valence-electron chi connectivity index (χ1n) is 5.89. The third kappa shape index (κ3) is 2.77. The van der Waals surface area contributed by atoms with Crippen LogP contribution in [0.5, 0.6) is 5.75 Å². The molecular weight excluding hydrogens is 212 g/mol. The number of aliphatic hydroxyl groups is 1. The predicted octanol–water partition coefficient (Wildman–Crippen LogP) is 2.74. The Morgan fingerprint density at radius 2 is 2.00 bits per heavy atom. The van der Waals surface area contributed by atoms with Crippen LogP contribution in [0.15, 0.2) is 42.0 Å². The average molecular weight is 230 g/mol. The largest absolute Gasteiger partial charge is 0.508 e. The highest BCUT2D eigenvalue weighted by Crippen LogP contribution is 2.26. The van der Waals surface area contributed by atoms with Crippen LogP contribution in [0.1, 0.15) is 18.1 Å². The number of aryl methyl sites for hydroxylation is 1. The molecule has 0 aliphatic heterocycles. The van der Waals surface area contributed by atoms with Crippen LogP contribution in [-0.2, 0) is 6.42 Å². The molecule has 0 saturated carbocycles. The van der Waals surface area contributed by atoms with Crippen LogP contribution in [0, 0.1) is 12.8 Å². The van der Waals surface area contributed by atoms with E-state index in [-0.39, 0.29) is 5.92 Å². The first-order chi connectivity index (χ1) is 8.06. The number of rotatable bonds is 2. The Kier molecular flexibility index (Phi) is 3.34. The fraction of sp³-hybridized carbons (Fsp3) is 0.333. The normalized spacial score (nSPS) is 23.6. The maximum absolute atomic E-state index is 9.90. The maximum atomic E-state index is 9.90. The lowest BCUT2D eigenvalue weighted by atomic mass is 9.88. The molecule has 1 aromatic carbocycles. The van der Waals surface area contributed by atoms with E-state index in [4.69, 9.17) is 0 Å². The van der Waals surface area contributed by atoms with Crippen LogP contribution >= 0.6 is 0 Å². The summed E-state index contributed by atoms with van der Waals surface area (Å²) in [5.74, 6) is 0.358. The van der Waals surface area contributed by atoms with Crippen LogP contribution in [0.2, 0.25) is 0 Å². The predicted molar refractivity (Wildman–Crippen MR) is 68.9 cm³/mol. The molecule has 0 saturated heterocycles. The second-order valence-electron chi connectivity index (χ2n) is 4.76. The first kappa shape index (κ1) is 11.9. The Labute approximate surface area is 102 Å². The van der Waals surface area contributed by atoms with Crippen LogP contribution in [-0.4, -0.2) is 16.3 Å². The van der Waals surface area contributed by atoms with Gasteiger partial charge < -0.3 is 10.2 Å². The fourth-order valence-electron chi connectivity index (χ4n) is 2.20. The first-order valence-corrected chi connectivity index (χ1v) is 5.89. The highest BCUT2D eigenvalue weighted by atomic mass is 16.3. The van der Waals surface area contributed by atoms with E-state index in [2.05, 4.69) is 6.08 Å². The molecule has 0 radical (unpaired) electrons. The van der Waals surface area contributed by atoms with Gasteiger partial charge in [-0.3, -0.25) is 0 Å². The Morgan fingerprint density at radius 3 is 2.76 bits per heavy atom. The molecule has 2 nitrogen and oxygen atoms in total. The Bertz CT molecular complexity index is 472. The van der Waals surface area contributed by atoms with E-state index in [9.17, 15) is 10.2 Å². The van der Waals surface area contributed by atoms with Crippen molar-refractivity contribution in [2.75, 3.05) is 0 Å². The molecule has 0 bridgehead atoms. The summed E-state index contributed by atoms with van der Waals surface area (Å²) in [7, 11) is 0. The Hall–Kier alpha value is -1.54. The van der Waals surface area contributed by atoms with Gasteiger partial charge in [-0.1, -0.05) is 41.5 Å². The molecule has 0 fully saturated rings. The minimum atomic E-state index is -0.460. The van der Waals surface area contributed by atoms with Crippen molar-refractivity contribution in [3.63, 3.8) is 0 Å². The third-order valence-corrected chi connectivity index (χ3v) is 3.16. The van der Waals surface area contributed by atoms with Crippen molar-refractivity contribution in [1.82, 2.24) is 0 Å². The van der Waals surface area contributed by atoms with Crippen molar-refractivity contribution in [1.29, 1.82) is 0 Å². The van der Waals surface area contributed by atoms with Gasteiger partial charge in [0, 0.05) is 5.92 Å². The van der Waals surface area contributed by atoms with Crippen molar-refractivity contribution in [2.45, 2.75) is 26.4 Å². The molecule has 2 rings (SSSR count). The summed E-state index contributed by atoms with van der Waals surface area (Å²) in [5, 5.41) is 19.7. The summed E-state index contributed by atoms with van der Waals surface area (Å²) in [6, 6.07) is 5.58. The van der Waals surface area contributed by atoms with E-state index in [1.807, 2.05) is 38.1 Å². The summed E-state index contributed by atoms with van der Waals surface area (Å²) < 4.78 is 0. The van der Waals surface area contributed by atoms with Gasteiger partial charge in [0.05, 0.1) is 6.10 Å². The molecule has 2 unspecified atom stereocenters.